The van der Waals surface area contributed by atoms with Gasteiger partial charge in [-0.2, -0.15) is 0 Å². The van der Waals surface area contributed by atoms with E-state index in [1.807, 2.05) is 26.0 Å². The molecule has 0 bridgehead atoms. The van der Waals surface area contributed by atoms with E-state index in [-0.39, 0.29) is 12.4 Å². The highest BCUT2D eigenvalue weighted by atomic mass is 16.3. The van der Waals surface area contributed by atoms with Crippen LogP contribution in [-0.2, 0) is 17.8 Å². The number of aliphatic hydroxyl groups excluding tert-OH is 1. The standard InChI is InChI=1S/C12H16O2/c1-8-4-5-11(6-9(2)14)10(3)12(8)7-13/h4-5,13H,6-7H2,1-3H3. The van der Waals surface area contributed by atoms with Crippen molar-refractivity contribution in [3.63, 3.8) is 0 Å². The zero-order valence-corrected chi connectivity index (χ0v) is 8.92. The molecule has 0 aliphatic heterocycles. The van der Waals surface area contributed by atoms with Crippen LogP contribution in [0.2, 0.25) is 0 Å². The summed E-state index contributed by atoms with van der Waals surface area (Å²) in [7, 11) is 0. The average Bonchev–Trinajstić information content (AvgIpc) is 2.10. The molecule has 2 nitrogen and oxygen atoms in total. The summed E-state index contributed by atoms with van der Waals surface area (Å²) >= 11 is 0. The predicted octanol–water partition coefficient (Wildman–Crippen LogP) is 1.93. The summed E-state index contributed by atoms with van der Waals surface area (Å²) in [5.74, 6) is 0.154. The molecule has 0 spiro atoms. The summed E-state index contributed by atoms with van der Waals surface area (Å²) in [4.78, 5) is 11.0. The Labute approximate surface area is 84.6 Å². The highest BCUT2D eigenvalue weighted by Crippen LogP contribution is 2.18. The van der Waals surface area contributed by atoms with Gasteiger partial charge in [0.2, 0.25) is 0 Å². The molecule has 14 heavy (non-hydrogen) atoms. The monoisotopic (exact) mass is 192 g/mol. The lowest BCUT2D eigenvalue weighted by molar-refractivity contribution is -0.116. The van der Waals surface area contributed by atoms with Crippen LogP contribution < -0.4 is 0 Å². The molecule has 0 radical (unpaired) electrons. The Hall–Kier alpha value is -1.15. The van der Waals surface area contributed by atoms with E-state index in [0.717, 1.165) is 22.3 Å². The van der Waals surface area contributed by atoms with Gasteiger partial charge in [0.1, 0.15) is 5.78 Å². The number of benzene rings is 1. The lowest BCUT2D eigenvalue weighted by atomic mass is 9.95. The fraction of sp³-hybridized carbons (Fsp3) is 0.417. The third-order valence-electron chi connectivity index (χ3n) is 2.54. The molecule has 0 fully saturated rings. The Kier molecular flexibility index (Phi) is 3.42. The van der Waals surface area contributed by atoms with Crippen LogP contribution in [0, 0.1) is 13.8 Å². The summed E-state index contributed by atoms with van der Waals surface area (Å²) in [6.07, 6.45) is 0.457. The van der Waals surface area contributed by atoms with Gasteiger partial charge in [0.25, 0.3) is 0 Å². The van der Waals surface area contributed by atoms with Gasteiger partial charge in [-0.25, -0.2) is 0 Å². The number of carbonyl (C=O) groups excluding carboxylic acids is 1. The van der Waals surface area contributed by atoms with Gasteiger partial charge in [-0.3, -0.25) is 4.79 Å². The van der Waals surface area contributed by atoms with Crippen molar-refractivity contribution in [2.24, 2.45) is 0 Å². The van der Waals surface area contributed by atoms with Crippen molar-refractivity contribution in [1.82, 2.24) is 0 Å². The quantitative estimate of drug-likeness (QED) is 0.794. The molecule has 0 saturated carbocycles. The molecule has 1 aromatic carbocycles. The fourth-order valence-electron chi connectivity index (χ4n) is 1.64. The molecule has 0 aliphatic rings. The molecular weight excluding hydrogens is 176 g/mol. The largest absolute Gasteiger partial charge is 0.392 e. The molecular formula is C12H16O2. The Morgan fingerprint density at radius 1 is 1.36 bits per heavy atom. The second-order valence-electron chi connectivity index (χ2n) is 3.68. The van der Waals surface area contributed by atoms with Crippen molar-refractivity contribution in [2.75, 3.05) is 0 Å². The van der Waals surface area contributed by atoms with Crippen LogP contribution in [0.15, 0.2) is 12.1 Å². The van der Waals surface area contributed by atoms with Crippen molar-refractivity contribution < 1.29 is 9.90 Å². The van der Waals surface area contributed by atoms with Gasteiger partial charge in [-0.1, -0.05) is 12.1 Å². The fourth-order valence-corrected chi connectivity index (χ4v) is 1.64. The number of hydrogen-bond donors (Lipinski definition) is 1. The Morgan fingerprint density at radius 3 is 2.50 bits per heavy atom. The van der Waals surface area contributed by atoms with E-state index < -0.39 is 0 Å². The van der Waals surface area contributed by atoms with Gasteiger partial charge in [-0.05, 0) is 43.0 Å². The maximum Gasteiger partial charge on any atom is 0.134 e. The number of rotatable bonds is 3. The van der Waals surface area contributed by atoms with Crippen molar-refractivity contribution in [3.05, 3.63) is 34.4 Å². The lowest BCUT2D eigenvalue weighted by Gasteiger charge is -2.11. The van der Waals surface area contributed by atoms with Crippen LogP contribution in [0.3, 0.4) is 0 Å². The molecule has 0 amide bonds. The van der Waals surface area contributed by atoms with E-state index in [0.29, 0.717) is 6.42 Å². The molecule has 0 heterocycles. The van der Waals surface area contributed by atoms with Crippen LogP contribution in [0.1, 0.15) is 29.2 Å². The first-order valence-corrected chi connectivity index (χ1v) is 4.74. The Bertz CT molecular complexity index is 354. The number of Topliss-reactive ketones (excluding diaryl/α,β-unsaturated/α-hetero) is 1. The summed E-state index contributed by atoms with van der Waals surface area (Å²) in [6, 6.07) is 3.92. The second-order valence-corrected chi connectivity index (χ2v) is 3.68. The van der Waals surface area contributed by atoms with E-state index in [1.54, 1.807) is 6.92 Å². The van der Waals surface area contributed by atoms with Crippen molar-refractivity contribution >= 4 is 5.78 Å². The SMILES string of the molecule is CC(=O)Cc1ccc(C)c(CO)c1C. The maximum absolute atomic E-state index is 11.0. The van der Waals surface area contributed by atoms with Gasteiger partial charge in [0.15, 0.2) is 0 Å². The summed E-state index contributed by atoms with van der Waals surface area (Å²) in [6.45, 7) is 5.55. The maximum atomic E-state index is 11.0. The molecule has 0 atom stereocenters. The smallest absolute Gasteiger partial charge is 0.134 e. The zero-order valence-electron chi connectivity index (χ0n) is 8.92. The van der Waals surface area contributed by atoms with Crippen LogP contribution in [0.25, 0.3) is 0 Å². The minimum absolute atomic E-state index is 0.0451. The van der Waals surface area contributed by atoms with Crippen molar-refractivity contribution in [2.45, 2.75) is 33.8 Å². The van der Waals surface area contributed by atoms with Gasteiger partial charge >= 0.3 is 0 Å². The topological polar surface area (TPSA) is 37.3 Å². The van der Waals surface area contributed by atoms with E-state index in [4.69, 9.17) is 0 Å². The molecule has 0 unspecified atom stereocenters. The Morgan fingerprint density at radius 2 is 2.00 bits per heavy atom. The highest BCUT2D eigenvalue weighted by Gasteiger charge is 2.07. The van der Waals surface area contributed by atoms with E-state index >= 15 is 0 Å². The van der Waals surface area contributed by atoms with Gasteiger partial charge in [-0.15, -0.1) is 0 Å². The predicted molar refractivity (Wildman–Crippen MR) is 56.2 cm³/mol. The third-order valence-corrected chi connectivity index (χ3v) is 2.54. The molecule has 1 aromatic rings. The van der Waals surface area contributed by atoms with Crippen LogP contribution in [0.4, 0.5) is 0 Å². The Balaban J connectivity index is 3.14. The molecule has 0 saturated heterocycles. The van der Waals surface area contributed by atoms with E-state index in [9.17, 15) is 9.90 Å². The van der Waals surface area contributed by atoms with Crippen LogP contribution in [0.5, 0.6) is 0 Å². The lowest BCUT2D eigenvalue weighted by Crippen LogP contribution is -2.03. The number of carbonyl (C=O) groups is 1. The van der Waals surface area contributed by atoms with Crippen molar-refractivity contribution in [1.29, 1.82) is 0 Å². The summed E-state index contributed by atoms with van der Waals surface area (Å²) in [5, 5.41) is 9.17. The number of aryl methyl sites for hydroxylation is 1. The van der Waals surface area contributed by atoms with Crippen LogP contribution >= 0.6 is 0 Å². The zero-order chi connectivity index (χ0) is 10.7. The first-order chi connectivity index (χ1) is 6.56. The molecule has 0 aliphatic carbocycles. The summed E-state index contributed by atoms with van der Waals surface area (Å²) < 4.78 is 0. The molecule has 1 N–H and O–H groups in total. The van der Waals surface area contributed by atoms with Gasteiger partial charge < -0.3 is 5.11 Å². The normalized spacial score (nSPS) is 10.3. The van der Waals surface area contributed by atoms with E-state index in [2.05, 4.69) is 0 Å². The van der Waals surface area contributed by atoms with Gasteiger partial charge in [0.05, 0.1) is 6.61 Å². The third kappa shape index (κ3) is 2.20. The van der Waals surface area contributed by atoms with E-state index in [1.165, 1.54) is 0 Å². The minimum atomic E-state index is 0.0451. The highest BCUT2D eigenvalue weighted by molar-refractivity contribution is 5.78. The summed E-state index contributed by atoms with van der Waals surface area (Å²) in [5.41, 5.74) is 4.09. The minimum Gasteiger partial charge on any atom is -0.392 e. The molecule has 0 aromatic heterocycles. The number of ketones is 1. The van der Waals surface area contributed by atoms with Crippen molar-refractivity contribution in [3.8, 4) is 0 Å². The molecule has 2 heteroatoms. The number of aliphatic hydroxyl groups is 1. The average molecular weight is 192 g/mol. The first kappa shape index (κ1) is 10.9. The molecule has 76 valence electrons. The van der Waals surface area contributed by atoms with Crippen LogP contribution in [-0.4, -0.2) is 10.9 Å². The second kappa shape index (κ2) is 4.38. The first-order valence-electron chi connectivity index (χ1n) is 4.74. The number of hydrogen-bond acceptors (Lipinski definition) is 2. The van der Waals surface area contributed by atoms with Gasteiger partial charge in [0, 0.05) is 6.42 Å². The molecule has 1 rings (SSSR count).